The highest BCUT2D eigenvalue weighted by molar-refractivity contribution is 8.00. The molecule has 2 aliphatic carbocycles. The number of rotatable bonds is 5. The van der Waals surface area contributed by atoms with Gasteiger partial charge in [0.05, 0.1) is 10.2 Å². The standard InChI is InChI=1S/C19H26N2O3S/c1-12(25-15-7-5-14(6-8-15)21(23)24)17(22)20-16-11-13-9-10-19(16,4)18(13,2)3/h5-8,12-13,16H,9-11H2,1-4H3,(H,20,22). The molecule has 5 nitrogen and oxygen atoms in total. The van der Waals surface area contributed by atoms with Crippen molar-refractivity contribution in [3.63, 3.8) is 0 Å². The highest BCUT2D eigenvalue weighted by Crippen LogP contribution is 2.65. The van der Waals surface area contributed by atoms with Crippen LogP contribution >= 0.6 is 11.8 Å². The summed E-state index contributed by atoms with van der Waals surface area (Å²) in [7, 11) is 0. The summed E-state index contributed by atoms with van der Waals surface area (Å²) >= 11 is 1.44. The molecule has 2 fully saturated rings. The zero-order valence-electron chi connectivity index (χ0n) is 15.2. The van der Waals surface area contributed by atoms with Crippen LogP contribution in [-0.2, 0) is 4.79 Å². The van der Waals surface area contributed by atoms with Crippen LogP contribution in [0.1, 0.15) is 47.0 Å². The fourth-order valence-electron chi connectivity index (χ4n) is 4.62. The number of hydrogen-bond donors (Lipinski definition) is 1. The van der Waals surface area contributed by atoms with Crippen molar-refractivity contribution < 1.29 is 9.72 Å². The molecule has 0 saturated heterocycles. The van der Waals surface area contributed by atoms with Gasteiger partial charge in [0, 0.05) is 23.1 Å². The SMILES string of the molecule is CC(Sc1ccc([N+](=O)[O-])cc1)C(=O)NC1CC2CCC1(C)C2(C)C. The van der Waals surface area contributed by atoms with Crippen LogP contribution in [0.4, 0.5) is 5.69 Å². The summed E-state index contributed by atoms with van der Waals surface area (Å²) in [6.45, 7) is 8.89. The Morgan fingerprint density at radius 3 is 2.44 bits per heavy atom. The molecule has 2 aliphatic rings. The van der Waals surface area contributed by atoms with E-state index in [1.165, 1.54) is 36.7 Å². The van der Waals surface area contributed by atoms with Gasteiger partial charge in [0.25, 0.3) is 5.69 Å². The van der Waals surface area contributed by atoms with Crippen molar-refractivity contribution in [3.8, 4) is 0 Å². The lowest BCUT2D eigenvalue weighted by atomic mass is 9.69. The Morgan fingerprint density at radius 2 is 1.96 bits per heavy atom. The number of fused-ring (bicyclic) bond motifs is 2. The molecule has 0 aliphatic heterocycles. The monoisotopic (exact) mass is 362 g/mol. The lowest BCUT2D eigenvalue weighted by Crippen LogP contribution is -2.48. The van der Waals surface area contributed by atoms with E-state index in [0.717, 1.165) is 11.3 Å². The molecule has 136 valence electrons. The minimum Gasteiger partial charge on any atom is -0.352 e. The van der Waals surface area contributed by atoms with E-state index in [2.05, 4.69) is 26.1 Å². The van der Waals surface area contributed by atoms with Crippen LogP contribution in [0.25, 0.3) is 0 Å². The Hall–Kier alpha value is -1.56. The predicted octanol–water partition coefficient (Wildman–Crippen LogP) is 4.41. The van der Waals surface area contributed by atoms with Crippen molar-refractivity contribution >= 4 is 23.4 Å². The molecule has 0 heterocycles. The van der Waals surface area contributed by atoms with E-state index in [-0.39, 0.29) is 33.7 Å². The number of carbonyl (C=O) groups is 1. The Balaban J connectivity index is 1.61. The second-order valence-corrected chi connectivity index (χ2v) is 9.60. The maximum atomic E-state index is 12.7. The lowest BCUT2D eigenvalue weighted by molar-refractivity contribution is -0.384. The van der Waals surface area contributed by atoms with Crippen molar-refractivity contribution in [2.75, 3.05) is 0 Å². The van der Waals surface area contributed by atoms with Gasteiger partial charge in [0.2, 0.25) is 5.91 Å². The average Bonchev–Trinajstić information content (AvgIpc) is 2.88. The average molecular weight is 362 g/mol. The van der Waals surface area contributed by atoms with Crippen molar-refractivity contribution in [2.45, 2.75) is 63.1 Å². The minimum absolute atomic E-state index is 0.0536. The number of non-ortho nitro benzene ring substituents is 1. The molecule has 0 radical (unpaired) electrons. The van der Waals surface area contributed by atoms with Gasteiger partial charge in [0.15, 0.2) is 0 Å². The number of nitro groups is 1. The second kappa shape index (κ2) is 6.31. The van der Waals surface area contributed by atoms with Gasteiger partial charge in [-0.15, -0.1) is 11.8 Å². The maximum absolute atomic E-state index is 12.7. The first-order chi connectivity index (χ1) is 11.6. The lowest BCUT2D eigenvalue weighted by Gasteiger charge is -2.39. The Labute approximate surface area is 153 Å². The molecule has 3 rings (SSSR count). The molecular weight excluding hydrogens is 336 g/mol. The third kappa shape index (κ3) is 3.05. The number of amides is 1. The van der Waals surface area contributed by atoms with E-state index < -0.39 is 4.92 Å². The van der Waals surface area contributed by atoms with Crippen molar-refractivity contribution in [1.82, 2.24) is 5.32 Å². The number of nitro benzene ring substituents is 1. The fourth-order valence-corrected chi connectivity index (χ4v) is 5.49. The first-order valence-electron chi connectivity index (χ1n) is 8.86. The van der Waals surface area contributed by atoms with E-state index in [4.69, 9.17) is 0 Å². The normalized spacial score (nSPS) is 30.9. The number of hydrogen-bond acceptors (Lipinski definition) is 4. The van der Waals surface area contributed by atoms with Crippen molar-refractivity contribution in [3.05, 3.63) is 34.4 Å². The van der Waals surface area contributed by atoms with Crippen LogP contribution in [0.2, 0.25) is 0 Å². The molecular formula is C19H26N2O3S. The van der Waals surface area contributed by atoms with Gasteiger partial charge in [-0.2, -0.15) is 0 Å². The van der Waals surface area contributed by atoms with Crippen LogP contribution in [0.5, 0.6) is 0 Å². The highest BCUT2D eigenvalue weighted by Gasteiger charge is 2.61. The number of benzene rings is 1. The maximum Gasteiger partial charge on any atom is 0.269 e. The molecule has 0 aromatic heterocycles. The zero-order valence-corrected chi connectivity index (χ0v) is 16.1. The largest absolute Gasteiger partial charge is 0.352 e. The van der Waals surface area contributed by atoms with Gasteiger partial charge < -0.3 is 5.32 Å². The zero-order chi connectivity index (χ0) is 18.4. The summed E-state index contributed by atoms with van der Waals surface area (Å²) in [5.41, 5.74) is 0.517. The third-order valence-corrected chi connectivity index (χ3v) is 7.95. The Bertz CT molecular complexity index is 688. The minimum atomic E-state index is -0.415. The summed E-state index contributed by atoms with van der Waals surface area (Å²) in [5.74, 6) is 0.748. The molecule has 1 aromatic carbocycles. The summed E-state index contributed by atoms with van der Waals surface area (Å²) < 4.78 is 0. The van der Waals surface area contributed by atoms with Gasteiger partial charge in [-0.1, -0.05) is 20.8 Å². The first-order valence-corrected chi connectivity index (χ1v) is 9.74. The summed E-state index contributed by atoms with van der Waals surface area (Å²) in [5, 5.41) is 13.8. The molecule has 4 atom stereocenters. The highest BCUT2D eigenvalue weighted by atomic mass is 32.2. The van der Waals surface area contributed by atoms with E-state index in [1.54, 1.807) is 12.1 Å². The molecule has 1 amide bonds. The van der Waals surface area contributed by atoms with Gasteiger partial charge in [-0.05, 0) is 55.1 Å². The van der Waals surface area contributed by atoms with E-state index in [1.807, 2.05) is 6.92 Å². The number of nitrogens with one attached hydrogen (secondary N) is 1. The van der Waals surface area contributed by atoms with Crippen molar-refractivity contribution in [2.24, 2.45) is 16.7 Å². The van der Waals surface area contributed by atoms with Crippen LogP contribution in [0, 0.1) is 26.9 Å². The molecule has 25 heavy (non-hydrogen) atoms. The van der Waals surface area contributed by atoms with Crippen LogP contribution in [-0.4, -0.2) is 22.1 Å². The first kappa shape index (κ1) is 18.2. The third-order valence-electron chi connectivity index (χ3n) is 6.84. The summed E-state index contributed by atoms with van der Waals surface area (Å²) in [4.78, 5) is 23.8. The number of carbonyl (C=O) groups excluding carboxylic acids is 1. The fraction of sp³-hybridized carbons (Fsp3) is 0.632. The van der Waals surface area contributed by atoms with Crippen molar-refractivity contribution in [1.29, 1.82) is 0 Å². The second-order valence-electron chi connectivity index (χ2n) is 8.18. The molecule has 4 unspecified atom stereocenters. The van der Waals surface area contributed by atoms with Gasteiger partial charge in [-0.25, -0.2) is 0 Å². The summed E-state index contributed by atoms with van der Waals surface area (Å²) in [6, 6.07) is 6.61. The van der Waals surface area contributed by atoms with E-state index >= 15 is 0 Å². The molecule has 0 spiro atoms. The van der Waals surface area contributed by atoms with Crippen LogP contribution < -0.4 is 5.32 Å². The van der Waals surface area contributed by atoms with Crippen LogP contribution in [0.15, 0.2) is 29.2 Å². The van der Waals surface area contributed by atoms with E-state index in [9.17, 15) is 14.9 Å². The van der Waals surface area contributed by atoms with Gasteiger partial charge in [0.1, 0.15) is 0 Å². The quantitative estimate of drug-likeness (QED) is 0.478. The predicted molar refractivity (Wildman–Crippen MR) is 99.6 cm³/mol. The topological polar surface area (TPSA) is 72.2 Å². The molecule has 1 aromatic rings. The number of thioether (sulfide) groups is 1. The van der Waals surface area contributed by atoms with Gasteiger partial charge in [-0.3, -0.25) is 14.9 Å². The van der Waals surface area contributed by atoms with Gasteiger partial charge >= 0.3 is 0 Å². The molecule has 2 saturated carbocycles. The molecule has 1 N–H and O–H groups in total. The molecule has 6 heteroatoms. The molecule has 2 bridgehead atoms. The Kier molecular flexibility index (Phi) is 4.60. The smallest absolute Gasteiger partial charge is 0.269 e. The van der Waals surface area contributed by atoms with Crippen LogP contribution in [0.3, 0.4) is 0 Å². The van der Waals surface area contributed by atoms with E-state index in [0.29, 0.717) is 5.92 Å². The number of nitrogens with zero attached hydrogens (tertiary/aromatic N) is 1. The Morgan fingerprint density at radius 1 is 1.32 bits per heavy atom. The summed E-state index contributed by atoms with van der Waals surface area (Å²) in [6.07, 6.45) is 3.52.